The summed E-state index contributed by atoms with van der Waals surface area (Å²) in [7, 11) is 0. The number of aromatic amines is 1. The molecular weight excluding hydrogens is 249 g/mol. The molecule has 0 saturated heterocycles. The first-order chi connectivity index (χ1) is 8.87. The zero-order chi connectivity index (χ0) is 14.0. The molecule has 2 heterocycles. The van der Waals surface area contributed by atoms with Crippen LogP contribution in [0.1, 0.15) is 26.3 Å². The molecule has 0 fully saturated rings. The number of rotatable bonds is 2. The number of alkyl carbamates (subject to hydrolysis) is 1. The molecule has 6 heteroatoms. The van der Waals surface area contributed by atoms with Gasteiger partial charge >= 0.3 is 6.09 Å². The zero-order valence-electron chi connectivity index (χ0n) is 11.1. The molecule has 0 unspecified atom stereocenters. The van der Waals surface area contributed by atoms with Crippen molar-refractivity contribution in [3.8, 4) is 0 Å². The van der Waals surface area contributed by atoms with E-state index in [2.05, 4.69) is 15.3 Å². The number of ether oxygens (including phenoxy) is 1. The van der Waals surface area contributed by atoms with Crippen LogP contribution in [0.5, 0.6) is 0 Å². The molecule has 0 aliphatic heterocycles. The van der Waals surface area contributed by atoms with E-state index in [1.807, 2.05) is 0 Å². The van der Waals surface area contributed by atoms with Crippen LogP contribution >= 0.6 is 0 Å². The summed E-state index contributed by atoms with van der Waals surface area (Å²) in [5, 5.41) is 3.18. The Labute approximate surface area is 110 Å². The highest BCUT2D eigenvalue weighted by Gasteiger charge is 2.17. The lowest BCUT2D eigenvalue weighted by atomic mass is 10.2. The second-order valence-corrected chi connectivity index (χ2v) is 5.18. The molecule has 2 aromatic heterocycles. The molecule has 0 aliphatic rings. The quantitative estimate of drug-likeness (QED) is 0.877. The number of halogens is 1. The molecule has 0 radical (unpaired) electrons. The summed E-state index contributed by atoms with van der Waals surface area (Å²) in [4.78, 5) is 18.3. The molecular formula is C13H16FN3O2. The van der Waals surface area contributed by atoms with Crippen molar-refractivity contribution >= 4 is 17.1 Å². The van der Waals surface area contributed by atoms with Crippen molar-refractivity contribution in [3.63, 3.8) is 0 Å². The molecule has 0 atom stereocenters. The normalized spacial score (nSPS) is 11.6. The van der Waals surface area contributed by atoms with Gasteiger partial charge in [0, 0.05) is 23.7 Å². The predicted molar refractivity (Wildman–Crippen MR) is 69.1 cm³/mol. The number of carbonyl (C=O) groups is 1. The smallest absolute Gasteiger partial charge is 0.407 e. The van der Waals surface area contributed by atoms with E-state index in [9.17, 15) is 9.18 Å². The molecule has 0 aromatic carbocycles. The van der Waals surface area contributed by atoms with E-state index in [1.54, 1.807) is 33.0 Å². The SMILES string of the molecule is CC(C)(C)OC(=O)NCc1c(F)cnc2[nH]ccc12. The monoisotopic (exact) mass is 265 g/mol. The van der Waals surface area contributed by atoms with Gasteiger partial charge in [-0.25, -0.2) is 14.2 Å². The van der Waals surface area contributed by atoms with Gasteiger partial charge in [-0.1, -0.05) is 0 Å². The molecule has 0 saturated carbocycles. The first-order valence-corrected chi connectivity index (χ1v) is 5.94. The summed E-state index contributed by atoms with van der Waals surface area (Å²) in [5.41, 5.74) is 0.393. The maximum Gasteiger partial charge on any atom is 0.407 e. The fourth-order valence-corrected chi connectivity index (χ4v) is 1.69. The molecule has 0 aliphatic carbocycles. The Morgan fingerprint density at radius 3 is 2.95 bits per heavy atom. The lowest BCUT2D eigenvalue weighted by molar-refractivity contribution is 0.0523. The number of aromatic nitrogens is 2. The molecule has 1 amide bonds. The number of nitrogens with one attached hydrogen (secondary N) is 2. The van der Waals surface area contributed by atoms with Crippen LogP contribution in [0.15, 0.2) is 18.5 Å². The zero-order valence-corrected chi connectivity index (χ0v) is 11.1. The molecule has 2 N–H and O–H groups in total. The molecule has 5 nitrogen and oxygen atoms in total. The number of fused-ring (bicyclic) bond motifs is 1. The Kier molecular flexibility index (Phi) is 3.42. The third-order valence-corrected chi connectivity index (χ3v) is 2.45. The second-order valence-electron chi connectivity index (χ2n) is 5.18. The van der Waals surface area contributed by atoms with Crippen LogP contribution in [0.2, 0.25) is 0 Å². The second kappa shape index (κ2) is 4.87. The third kappa shape index (κ3) is 3.21. The van der Waals surface area contributed by atoms with Gasteiger partial charge in [-0.2, -0.15) is 0 Å². The molecule has 102 valence electrons. The molecule has 19 heavy (non-hydrogen) atoms. The minimum Gasteiger partial charge on any atom is -0.444 e. The number of hydrogen-bond donors (Lipinski definition) is 2. The first-order valence-electron chi connectivity index (χ1n) is 5.94. The van der Waals surface area contributed by atoms with Crippen molar-refractivity contribution in [2.45, 2.75) is 32.9 Å². The summed E-state index contributed by atoms with van der Waals surface area (Å²) < 4.78 is 18.8. The summed E-state index contributed by atoms with van der Waals surface area (Å²) in [6.45, 7) is 5.36. The summed E-state index contributed by atoms with van der Waals surface area (Å²) in [6, 6.07) is 1.72. The van der Waals surface area contributed by atoms with Crippen LogP contribution in [-0.4, -0.2) is 21.7 Å². The van der Waals surface area contributed by atoms with Crippen LogP contribution in [-0.2, 0) is 11.3 Å². The minimum atomic E-state index is -0.579. The predicted octanol–water partition coefficient (Wildman–Crippen LogP) is 2.73. The van der Waals surface area contributed by atoms with E-state index in [0.29, 0.717) is 16.6 Å². The van der Waals surface area contributed by atoms with Crippen molar-refractivity contribution in [3.05, 3.63) is 29.8 Å². The average Bonchev–Trinajstić information content (AvgIpc) is 2.73. The van der Waals surface area contributed by atoms with E-state index < -0.39 is 17.5 Å². The fraction of sp³-hybridized carbons (Fsp3) is 0.385. The average molecular weight is 265 g/mol. The number of carbonyl (C=O) groups excluding carboxylic acids is 1. The highest BCUT2D eigenvalue weighted by atomic mass is 19.1. The Hall–Kier alpha value is -2.11. The van der Waals surface area contributed by atoms with Gasteiger partial charge in [-0.3, -0.25) is 0 Å². The number of hydrogen-bond acceptors (Lipinski definition) is 3. The van der Waals surface area contributed by atoms with Gasteiger partial charge in [0.2, 0.25) is 0 Å². The molecule has 0 spiro atoms. The lowest BCUT2D eigenvalue weighted by Gasteiger charge is -2.19. The van der Waals surface area contributed by atoms with E-state index in [1.165, 1.54) is 0 Å². The highest BCUT2D eigenvalue weighted by molar-refractivity contribution is 5.80. The van der Waals surface area contributed by atoms with Crippen molar-refractivity contribution in [2.75, 3.05) is 0 Å². The van der Waals surface area contributed by atoms with Gasteiger partial charge in [0.25, 0.3) is 0 Å². The maximum atomic E-state index is 13.7. The third-order valence-electron chi connectivity index (χ3n) is 2.45. The Morgan fingerprint density at radius 2 is 2.26 bits per heavy atom. The van der Waals surface area contributed by atoms with Gasteiger partial charge in [0.1, 0.15) is 17.1 Å². The number of pyridine rings is 1. The standard InChI is InChI=1S/C13H16FN3O2/c1-13(2,3)19-12(18)17-6-9-8-4-5-15-11(8)16-7-10(9)14/h4-5,7H,6H2,1-3H3,(H,15,16)(H,17,18). The highest BCUT2D eigenvalue weighted by Crippen LogP contribution is 2.18. The van der Waals surface area contributed by atoms with E-state index in [4.69, 9.17) is 4.74 Å². The molecule has 0 bridgehead atoms. The molecule has 2 aromatic rings. The van der Waals surface area contributed by atoms with Gasteiger partial charge in [0.05, 0.1) is 6.20 Å². The largest absolute Gasteiger partial charge is 0.444 e. The van der Waals surface area contributed by atoms with Crippen LogP contribution in [0.3, 0.4) is 0 Å². The van der Waals surface area contributed by atoms with E-state index in [-0.39, 0.29) is 6.54 Å². The van der Waals surface area contributed by atoms with Crippen LogP contribution in [0.4, 0.5) is 9.18 Å². The van der Waals surface area contributed by atoms with Crippen LogP contribution < -0.4 is 5.32 Å². The van der Waals surface area contributed by atoms with E-state index >= 15 is 0 Å². The molecule has 2 rings (SSSR count). The first kappa shape index (κ1) is 13.3. The Morgan fingerprint density at radius 1 is 1.53 bits per heavy atom. The minimum absolute atomic E-state index is 0.0532. The number of amides is 1. The Balaban J connectivity index is 2.11. The van der Waals surface area contributed by atoms with Crippen molar-refractivity contribution in [1.82, 2.24) is 15.3 Å². The topological polar surface area (TPSA) is 67.0 Å². The Bertz CT molecular complexity index is 601. The fourth-order valence-electron chi connectivity index (χ4n) is 1.69. The van der Waals surface area contributed by atoms with Gasteiger partial charge in [0.15, 0.2) is 0 Å². The number of H-pyrrole nitrogens is 1. The van der Waals surface area contributed by atoms with Crippen molar-refractivity contribution in [2.24, 2.45) is 0 Å². The number of nitrogens with zero attached hydrogens (tertiary/aromatic N) is 1. The van der Waals surface area contributed by atoms with E-state index in [0.717, 1.165) is 6.20 Å². The van der Waals surface area contributed by atoms with Crippen LogP contribution in [0, 0.1) is 5.82 Å². The lowest BCUT2D eigenvalue weighted by Crippen LogP contribution is -2.32. The van der Waals surface area contributed by atoms with Gasteiger partial charge in [-0.15, -0.1) is 0 Å². The van der Waals surface area contributed by atoms with Gasteiger partial charge < -0.3 is 15.0 Å². The summed E-state index contributed by atoms with van der Waals surface area (Å²) in [5.74, 6) is -0.455. The summed E-state index contributed by atoms with van der Waals surface area (Å²) >= 11 is 0. The van der Waals surface area contributed by atoms with Crippen molar-refractivity contribution < 1.29 is 13.9 Å². The summed E-state index contributed by atoms with van der Waals surface area (Å²) in [6.07, 6.45) is 2.23. The van der Waals surface area contributed by atoms with Crippen molar-refractivity contribution in [1.29, 1.82) is 0 Å². The van der Waals surface area contributed by atoms with Crippen LogP contribution in [0.25, 0.3) is 11.0 Å². The maximum absolute atomic E-state index is 13.7. The van der Waals surface area contributed by atoms with Gasteiger partial charge in [-0.05, 0) is 26.8 Å².